The molecule has 2 rings (SSSR count). The Morgan fingerprint density at radius 3 is 2.44 bits per heavy atom. The molecule has 0 aromatic heterocycles. The molecule has 0 heterocycles. The van der Waals surface area contributed by atoms with E-state index in [0.29, 0.717) is 11.3 Å². The largest absolute Gasteiger partial charge is 0.504 e. The Hall–Kier alpha value is -3.69. The molecule has 10 nitrogen and oxygen atoms in total. The van der Waals surface area contributed by atoms with E-state index in [9.17, 15) is 25.3 Å². The fraction of sp³-hybridized carbons (Fsp3) is 0.133. The maximum atomic E-state index is 11.1. The van der Waals surface area contributed by atoms with Gasteiger partial charge in [0.25, 0.3) is 5.69 Å². The number of phenols is 1. The number of aromatic hydroxyl groups is 1. The highest BCUT2D eigenvalue weighted by atomic mass is 16.6. The smallest absolute Gasteiger partial charge is 0.301 e. The summed E-state index contributed by atoms with van der Waals surface area (Å²) < 4.78 is 4.93. The zero-order valence-corrected chi connectivity index (χ0v) is 13.3. The van der Waals surface area contributed by atoms with Gasteiger partial charge in [0.15, 0.2) is 11.5 Å². The van der Waals surface area contributed by atoms with Crippen molar-refractivity contribution in [2.24, 2.45) is 5.10 Å². The van der Waals surface area contributed by atoms with Crippen molar-refractivity contribution in [3.05, 3.63) is 62.2 Å². The van der Waals surface area contributed by atoms with Crippen molar-refractivity contribution in [2.45, 2.75) is 0 Å². The summed E-state index contributed by atoms with van der Waals surface area (Å²) in [5.74, 6) is 0.229. The van der Waals surface area contributed by atoms with Crippen molar-refractivity contribution in [1.29, 1.82) is 0 Å². The van der Waals surface area contributed by atoms with Crippen LogP contribution in [0.3, 0.4) is 0 Å². The average Bonchev–Trinajstić information content (AvgIpc) is 2.59. The maximum Gasteiger partial charge on any atom is 0.301 e. The van der Waals surface area contributed by atoms with Crippen LogP contribution in [0.25, 0.3) is 0 Å². The molecular weight excluding hydrogens is 332 g/mol. The normalized spacial score (nSPS) is 10.6. The monoisotopic (exact) mass is 346 g/mol. The van der Waals surface area contributed by atoms with Gasteiger partial charge in [-0.25, -0.2) is 0 Å². The van der Waals surface area contributed by atoms with E-state index in [1.807, 2.05) is 0 Å². The molecule has 0 amide bonds. The Bertz CT molecular complexity index is 852. The number of nitro groups is 2. The van der Waals surface area contributed by atoms with Crippen molar-refractivity contribution in [3.63, 3.8) is 0 Å². The Kier molecular flexibility index (Phi) is 5.12. The van der Waals surface area contributed by atoms with Crippen LogP contribution >= 0.6 is 0 Å². The number of non-ortho nitro benzene ring substituents is 1. The second-order valence-electron chi connectivity index (χ2n) is 4.89. The summed E-state index contributed by atoms with van der Waals surface area (Å²) in [6.07, 6.45) is 1.38. The van der Waals surface area contributed by atoms with Crippen LogP contribution in [-0.2, 0) is 0 Å². The third kappa shape index (κ3) is 3.99. The van der Waals surface area contributed by atoms with Gasteiger partial charge in [-0.3, -0.25) is 25.2 Å². The van der Waals surface area contributed by atoms with Gasteiger partial charge in [0.2, 0.25) is 0 Å². The molecule has 25 heavy (non-hydrogen) atoms. The van der Waals surface area contributed by atoms with Crippen LogP contribution in [0, 0.1) is 20.2 Å². The topological polar surface area (TPSA) is 131 Å². The second kappa shape index (κ2) is 7.25. The van der Waals surface area contributed by atoms with Gasteiger partial charge in [-0.05, 0) is 29.8 Å². The number of phenolic OH excluding ortho intramolecular Hbond substituents is 1. The first-order valence-corrected chi connectivity index (χ1v) is 6.91. The van der Waals surface area contributed by atoms with E-state index >= 15 is 0 Å². The third-order valence-electron chi connectivity index (χ3n) is 3.30. The van der Waals surface area contributed by atoms with Crippen LogP contribution in [0.15, 0.2) is 41.5 Å². The van der Waals surface area contributed by atoms with E-state index in [-0.39, 0.29) is 17.1 Å². The first-order valence-electron chi connectivity index (χ1n) is 6.91. The lowest BCUT2D eigenvalue weighted by Gasteiger charge is -2.12. The quantitative estimate of drug-likeness (QED) is 0.483. The van der Waals surface area contributed by atoms with E-state index in [0.717, 1.165) is 12.1 Å². The second-order valence-corrected chi connectivity index (χ2v) is 4.89. The summed E-state index contributed by atoms with van der Waals surface area (Å²) in [6, 6.07) is 7.89. The molecule has 0 spiro atoms. The minimum absolute atomic E-state index is 0.0737. The number of benzene rings is 2. The fourth-order valence-corrected chi connectivity index (χ4v) is 2.05. The van der Waals surface area contributed by atoms with Crippen LogP contribution in [0.1, 0.15) is 5.56 Å². The molecule has 0 saturated heterocycles. The minimum atomic E-state index is -0.715. The highest BCUT2D eigenvalue weighted by Crippen LogP contribution is 2.31. The number of anilines is 1. The summed E-state index contributed by atoms with van der Waals surface area (Å²) in [4.78, 5) is 20.5. The highest BCUT2D eigenvalue weighted by Gasteiger charge is 2.21. The minimum Gasteiger partial charge on any atom is -0.504 e. The lowest BCUT2D eigenvalue weighted by Crippen LogP contribution is -2.11. The predicted octanol–water partition coefficient (Wildman–Crippen LogP) is 2.69. The molecule has 1 N–H and O–H groups in total. The Balaban J connectivity index is 2.31. The molecule has 2 aromatic rings. The summed E-state index contributed by atoms with van der Waals surface area (Å²) in [5.41, 5.74) is -0.196. The Morgan fingerprint density at radius 2 is 1.88 bits per heavy atom. The van der Waals surface area contributed by atoms with Gasteiger partial charge in [0.05, 0.1) is 29.2 Å². The van der Waals surface area contributed by atoms with Gasteiger partial charge in [-0.15, -0.1) is 0 Å². The summed E-state index contributed by atoms with van der Waals surface area (Å²) >= 11 is 0. The molecule has 0 aliphatic rings. The zero-order valence-electron chi connectivity index (χ0n) is 13.3. The van der Waals surface area contributed by atoms with Crippen molar-refractivity contribution in [2.75, 3.05) is 19.2 Å². The lowest BCUT2D eigenvalue weighted by molar-refractivity contribution is -0.393. The van der Waals surface area contributed by atoms with Gasteiger partial charge < -0.3 is 9.84 Å². The zero-order chi connectivity index (χ0) is 18.6. The molecular formula is C15H14N4O6. The maximum absolute atomic E-state index is 11.1. The Labute approximate surface area is 141 Å². The molecule has 0 radical (unpaired) electrons. The summed E-state index contributed by atoms with van der Waals surface area (Å²) in [6.45, 7) is 0. The molecule has 0 saturated carbocycles. The van der Waals surface area contributed by atoms with E-state index in [1.54, 1.807) is 12.1 Å². The first-order chi connectivity index (χ1) is 11.8. The highest BCUT2D eigenvalue weighted by molar-refractivity contribution is 5.82. The number of methoxy groups -OCH3 is 1. The predicted molar refractivity (Wildman–Crippen MR) is 90.4 cm³/mol. The van der Waals surface area contributed by atoms with Gasteiger partial charge in [-0.2, -0.15) is 5.10 Å². The van der Waals surface area contributed by atoms with Crippen LogP contribution < -0.4 is 9.75 Å². The standard InChI is InChI=1S/C15H14N4O6/c1-17(16-9-10-3-6-15(25-2)14(20)7-10)12-5-4-11(18(21)22)8-13(12)19(23)24/h3-9,20H,1-2H3/b16-9-. The fourth-order valence-electron chi connectivity index (χ4n) is 2.05. The summed E-state index contributed by atoms with van der Waals surface area (Å²) in [7, 11) is 2.89. The van der Waals surface area contributed by atoms with E-state index < -0.39 is 15.5 Å². The number of hydrogen-bond acceptors (Lipinski definition) is 8. The van der Waals surface area contributed by atoms with E-state index in [1.165, 1.54) is 37.5 Å². The van der Waals surface area contributed by atoms with E-state index in [4.69, 9.17) is 4.74 Å². The van der Waals surface area contributed by atoms with Crippen molar-refractivity contribution >= 4 is 23.3 Å². The average molecular weight is 346 g/mol. The number of rotatable bonds is 6. The molecule has 2 aromatic carbocycles. The first kappa shape index (κ1) is 17.7. The number of hydrazone groups is 1. The molecule has 0 aliphatic heterocycles. The van der Waals surface area contributed by atoms with E-state index in [2.05, 4.69) is 5.10 Å². The number of nitro benzene ring substituents is 2. The molecule has 0 atom stereocenters. The molecule has 10 heteroatoms. The number of ether oxygens (including phenoxy) is 1. The molecule has 0 bridgehead atoms. The molecule has 0 aliphatic carbocycles. The van der Waals surface area contributed by atoms with Crippen LogP contribution in [0.4, 0.5) is 17.1 Å². The van der Waals surface area contributed by atoms with Crippen LogP contribution in [0.2, 0.25) is 0 Å². The van der Waals surface area contributed by atoms with Crippen LogP contribution in [-0.4, -0.2) is 35.3 Å². The van der Waals surface area contributed by atoms with Gasteiger partial charge in [0, 0.05) is 13.1 Å². The SMILES string of the molecule is COc1ccc(/C=N\N(C)c2ccc([N+](=O)[O-])cc2[N+](=O)[O-])cc1O. The molecule has 0 fully saturated rings. The van der Waals surface area contributed by atoms with Gasteiger partial charge in [-0.1, -0.05) is 0 Å². The van der Waals surface area contributed by atoms with Gasteiger partial charge in [0.1, 0.15) is 5.69 Å². The third-order valence-corrected chi connectivity index (χ3v) is 3.30. The lowest BCUT2D eigenvalue weighted by atomic mass is 10.2. The molecule has 0 unspecified atom stereocenters. The van der Waals surface area contributed by atoms with Crippen molar-refractivity contribution < 1.29 is 19.7 Å². The van der Waals surface area contributed by atoms with Crippen LogP contribution in [0.5, 0.6) is 11.5 Å². The Morgan fingerprint density at radius 1 is 1.16 bits per heavy atom. The number of nitrogens with zero attached hydrogens (tertiary/aromatic N) is 4. The van der Waals surface area contributed by atoms with Gasteiger partial charge >= 0.3 is 5.69 Å². The molecule has 130 valence electrons. The summed E-state index contributed by atoms with van der Waals surface area (Å²) in [5, 5.41) is 36.9. The van der Waals surface area contributed by atoms with Crippen molar-refractivity contribution in [1.82, 2.24) is 0 Å². The number of hydrogen-bond donors (Lipinski definition) is 1. The van der Waals surface area contributed by atoms with Crippen molar-refractivity contribution in [3.8, 4) is 11.5 Å².